The summed E-state index contributed by atoms with van der Waals surface area (Å²) in [6, 6.07) is -0.145. The van der Waals surface area contributed by atoms with Crippen molar-refractivity contribution < 1.29 is 4.79 Å². The van der Waals surface area contributed by atoms with Gasteiger partial charge in [-0.15, -0.1) is 0 Å². The fourth-order valence-electron chi connectivity index (χ4n) is 0.741. The number of amides is 1. The van der Waals surface area contributed by atoms with Gasteiger partial charge in [0.1, 0.15) is 6.33 Å². The highest BCUT2D eigenvalue weighted by atomic mass is 16.1. The zero-order valence-electron chi connectivity index (χ0n) is 6.74. The summed E-state index contributed by atoms with van der Waals surface area (Å²) in [5.74, 6) is 0.183. The second kappa shape index (κ2) is 3.82. The van der Waals surface area contributed by atoms with Crippen molar-refractivity contribution in [1.29, 1.82) is 0 Å². The molecule has 12 heavy (non-hydrogen) atoms. The van der Waals surface area contributed by atoms with Gasteiger partial charge in [0.2, 0.25) is 11.9 Å². The number of aromatic nitrogens is 3. The third-order valence-corrected chi connectivity index (χ3v) is 1.18. The molecule has 4 N–H and O–H groups in total. The number of H-pyrrole nitrogens is 1. The molecule has 0 spiro atoms. The Morgan fingerprint density at radius 2 is 2.67 bits per heavy atom. The van der Waals surface area contributed by atoms with Gasteiger partial charge >= 0.3 is 0 Å². The predicted octanol–water partition coefficient (Wildman–Crippen LogP) is -0.520. The maximum Gasteiger partial charge on any atom is 0.228 e. The van der Waals surface area contributed by atoms with Crippen molar-refractivity contribution in [2.45, 2.75) is 19.4 Å². The van der Waals surface area contributed by atoms with E-state index < -0.39 is 0 Å². The Morgan fingerprint density at radius 1 is 1.92 bits per heavy atom. The summed E-state index contributed by atoms with van der Waals surface area (Å²) >= 11 is 0. The maximum absolute atomic E-state index is 11.0. The Balaban J connectivity index is 2.37. The number of carbonyl (C=O) groups excluding carboxylic acids is 1. The summed E-state index contributed by atoms with van der Waals surface area (Å²) in [5, 5.41) is 8.58. The molecule has 0 saturated carbocycles. The average molecular weight is 169 g/mol. The van der Waals surface area contributed by atoms with Crippen LogP contribution >= 0.6 is 0 Å². The molecule has 0 bridgehead atoms. The molecule has 0 radical (unpaired) electrons. The molecule has 1 aromatic rings. The molecule has 1 aromatic heterocycles. The van der Waals surface area contributed by atoms with Crippen molar-refractivity contribution in [3.63, 3.8) is 0 Å². The third-order valence-electron chi connectivity index (χ3n) is 1.18. The lowest BCUT2D eigenvalue weighted by atomic mass is 10.2. The van der Waals surface area contributed by atoms with Gasteiger partial charge in [0.05, 0.1) is 0 Å². The van der Waals surface area contributed by atoms with E-state index in [1.54, 1.807) is 6.92 Å². The number of nitrogens with one attached hydrogen (secondary N) is 2. The molecule has 0 aromatic carbocycles. The van der Waals surface area contributed by atoms with Crippen LogP contribution in [0.2, 0.25) is 0 Å². The summed E-state index contributed by atoms with van der Waals surface area (Å²) in [6.07, 6.45) is 1.60. The third kappa shape index (κ3) is 2.67. The molecular formula is C6H11N5O. The Kier molecular flexibility index (Phi) is 2.76. The van der Waals surface area contributed by atoms with E-state index in [-0.39, 0.29) is 18.4 Å². The summed E-state index contributed by atoms with van der Waals surface area (Å²) in [5.41, 5.74) is 5.42. The zero-order chi connectivity index (χ0) is 8.97. The van der Waals surface area contributed by atoms with Crippen LogP contribution in [-0.2, 0) is 4.79 Å². The molecule has 1 unspecified atom stereocenters. The first-order valence-electron chi connectivity index (χ1n) is 3.59. The quantitative estimate of drug-likeness (QED) is 0.567. The molecule has 1 amide bonds. The van der Waals surface area contributed by atoms with E-state index in [2.05, 4.69) is 20.5 Å². The number of hydrogen-bond donors (Lipinski definition) is 3. The van der Waals surface area contributed by atoms with Crippen LogP contribution in [0.3, 0.4) is 0 Å². The molecular weight excluding hydrogens is 158 g/mol. The summed E-state index contributed by atoms with van der Waals surface area (Å²) in [6.45, 7) is 1.76. The lowest BCUT2D eigenvalue weighted by Crippen LogP contribution is -2.24. The SMILES string of the molecule is CC(N)CC(=O)Nc1ncn[nH]1. The van der Waals surface area contributed by atoms with Crippen LogP contribution in [0.25, 0.3) is 0 Å². The molecule has 6 heteroatoms. The summed E-state index contributed by atoms with van der Waals surface area (Å²) in [7, 11) is 0. The van der Waals surface area contributed by atoms with E-state index >= 15 is 0 Å². The number of nitrogens with two attached hydrogens (primary N) is 1. The minimum absolute atomic E-state index is 0.145. The second-order valence-electron chi connectivity index (χ2n) is 2.56. The first-order chi connectivity index (χ1) is 5.68. The summed E-state index contributed by atoms with van der Waals surface area (Å²) < 4.78 is 0. The van der Waals surface area contributed by atoms with Crippen molar-refractivity contribution in [3.05, 3.63) is 6.33 Å². The number of rotatable bonds is 3. The Morgan fingerprint density at radius 3 is 3.17 bits per heavy atom. The molecule has 0 aliphatic rings. The van der Waals surface area contributed by atoms with Gasteiger partial charge in [0, 0.05) is 12.5 Å². The molecule has 0 aliphatic heterocycles. The monoisotopic (exact) mass is 169 g/mol. The topological polar surface area (TPSA) is 96.7 Å². The Hall–Kier alpha value is -1.43. The first kappa shape index (κ1) is 8.66. The molecule has 0 aliphatic carbocycles. The van der Waals surface area contributed by atoms with Crippen molar-refractivity contribution >= 4 is 11.9 Å². The first-order valence-corrected chi connectivity index (χ1v) is 3.59. The second-order valence-corrected chi connectivity index (χ2v) is 2.56. The molecule has 0 saturated heterocycles. The molecule has 6 nitrogen and oxygen atoms in total. The van der Waals surface area contributed by atoms with Gasteiger partial charge in [-0.1, -0.05) is 0 Å². The van der Waals surface area contributed by atoms with E-state index in [4.69, 9.17) is 5.73 Å². The fraction of sp³-hybridized carbons (Fsp3) is 0.500. The number of carbonyl (C=O) groups is 1. The van der Waals surface area contributed by atoms with Gasteiger partial charge in [0.25, 0.3) is 0 Å². The van der Waals surface area contributed by atoms with Crippen LogP contribution < -0.4 is 11.1 Å². The minimum atomic E-state index is -0.165. The van der Waals surface area contributed by atoms with Gasteiger partial charge in [-0.2, -0.15) is 10.1 Å². The molecule has 1 atom stereocenters. The molecule has 66 valence electrons. The highest BCUT2D eigenvalue weighted by Gasteiger charge is 2.05. The normalized spacial score (nSPS) is 12.5. The van der Waals surface area contributed by atoms with E-state index in [9.17, 15) is 4.79 Å². The molecule has 1 rings (SSSR count). The van der Waals surface area contributed by atoms with Crippen LogP contribution in [0.1, 0.15) is 13.3 Å². The number of nitrogens with zero attached hydrogens (tertiary/aromatic N) is 2. The highest BCUT2D eigenvalue weighted by Crippen LogP contribution is 1.95. The lowest BCUT2D eigenvalue weighted by molar-refractivity contribution is -0.116. The van der Waals surface area contributed by atoms with Gasteiger partial charge in [-0.25, -0.2) is 5.10 Å². The van der Waals surface area contributed by atoms with Gasteiger partial charge in [0.15, 0.2) is 0 Å². The Bertz CT molecular complexity index is 242. The van der Waals surface area contributed by atoms with Gasteiger partial charge in [-0.05, 0) is 6.92 Å². The number of hydrogen-bond acceptors (Lipinski definition) is 4. The largest absolute Gasteiger partial charge is 0.327 e. The fourth-order valence-corrected chi connectivity index (χ4v) is 0.741. The van der Waals surface area contributed by atoms with E-state index in [0.29, 0.717) is 5.95 Å². The molecule has 1 heterocycles. The standard InChI is InChI=1S/C6H11N5O/c1-4(7)2-5(12)10-6-8-3-9-11-6/h3-4H,2,7H2,1H3,(H2,8,9,10,11,12). The van der Waals surface area contributed by atoms with Crippen LogP contribution in [0, 0.1) is 0 Å². The van der Waals surface area contributed by atoms with E-state index in [1.807, 2.05) is 0 Å². The van der Waals surface area contributed by atoms with Gasteiger partial charge < -0.3 is 5.73 Å². The van der Waals surface area contributed by atoms with Gasteiger partial charge in [-0.3, -0.25) is 10.1 Å². The number of anilines is 1. The Labute approximate surface area is 69.6 Å². The van der Waals surface area contributed by atoms with E-state index in [0.717, 1.165) is 0 Å². The average Bonchev–Trinajstić information content (AvgIpc) is 2.37. The highest BCUT2D eigenvalue weighted by molar-refractivity contribution is 5.89. The van der Waals surface area contributed by atoms with Crippen molar-refractivity contribution in [3.8, 4) is 0 Å². The van der Waals surface area contributed by atoms with Crippen molar-refractivity contribution in [1.82, 2.24) is 15.2 Å². The van der Waals surface area contributed by atoms with E-state index in [1.165, 1.54) is 6.33 Å². The zero-order valence-corrected chi connectivity index (χ0v) is 6.74. The smallest absolute Gasteiger partial charge is 0.228 e. The van der Waals surface area contributed by atoms with Crippen LogP contribution in [0.5, 0.6) is 0 Å². The lowest BCUT2D eigenvalue weighted by Gasteiger charge is -2.03. The molecule has 0 fully saturated rings. The van der Waals surface area contributed by atoms with Crippen molar-refractivity contribution in [2.75, 3.05) is 5.32 Å². The summed E-state index contributed by atoms with van der Waals surface area (Å²) in [4.78, 5) is 14.8. The predicted molar refractivity (Wildman–Crippen MR) is 43.3 cm³/mol. The van der Waals surface area contributed by atoms with Crippen LogP contribution in [-0.4, -0.2) is 27.1 Å². The minimum Gasteiger partial charge on any atom is -0.327 e. The maximum atomic E-state index is 11.0. The van der Waals surface area contributed by atoms with Crippen LogP contribution in [0.15, 0.2) is 6.33 Å². The van der Waals surface area contributed by atoms with Crippen LogP contribution in [0.4, 0.5) is 5.95 Å². The van der Waals surface area contributed by atoms with Crippen molar-refractivity contribution in [2.24, 2.45) is 5.73 Å². The number of aromatic amines is 1.